The third-order valence-corrected chi connectivity index (χ3v) is 6.08. The molecule has 11 nitrogen and oxygen atoms in total. The zero-order valence-electron chi connectivity index (χ0n) is 18.8. The summed E-state index contributed by atoms with van der Waals surface area (Å²) >= 11 is 6.86. The highest BCUT2D eigenvalue weighted by molar-refractivity contribution is 7.18. The zero-order chi connectivity index (χ0) is 26.2. The number of rotatable bonds is 9. The van der Waals surface area contributed by atoms with Crippen LogP contribution in [0.2, 0.25) is 4.34 Å². The second-order valence-electron chi connectivity index (χ2n) is 7.24. The highest BCUT2D eigenvalue weighted by atomic mass is 35.5. The van der Waals surface area contributed by atoms with Crippen molar-refractivity contribution in [1.82, 2.24) is 16.0 Å². The van der Waals surface area contributed by atoms with Crippen molar-refractivity contribution in [3.05, 3.63) is 39.5 Å². The van der Waals surface area contributed by atoms with Gasteiger partial charge in [-0.25, -0.2) is 4.79 Å². The molecule has 2 heterocycles. The Kier molecular flexibility index (Phi) is 9.38. The molecule has 0 radical (unpaired) electrons. The van der Waals surface area contributed by atoms with Gasteiger partial charge in [0.05, 0.1) is 21.5 Å². The summed E-state index contributed by atoms with van der Waals surface area (Å²) in [4.78, 5) is 50.9. The Bertz CT molecular complexity index is 1130. The Balaban J connectivity index is 1.77. The van der Waals surface area contributed by atoms with Gasteiger partial charge in [-0.1, -0.05) is 11.6 Å². The van der Waals surface area contributed by atoms with Crippen molar-refractivity contribution >= 4 is 58.1 Å². The maximum Gasteiger partial charge on any atom is 0.387 e. The van der Waals surface area contributed by atoms with E-state index >= 15 is 0 Å². The van der Waals surface area contributed by atoms with Gasteiger partial charge in [-0.2, -0.15) is 8.78 Å². The summed E-state index contributed by atoms with van der Waals surface area (Å²) in [7, 11) is 1.33. The van der Waals surface area contributed by atoms with Crippen LogP contribution in [0.5, 0.6) is 5.75 Å². The molecule has 1 aromatic heterocycles. The first-order valence-corrected chi connectivity index (χ1v) is 11.7. The number of hydrogen-bond acceptors (Lipinski definition) is 7. The second kappa shape index (κ2) is 12.5. The van der Waals surface area contributed by atoms with Crippen LogP contribution in [0, 0.1) is 0 Å². The van der Waals surface area contributed by atoms with Crippen molar-refractivity contribution in [3.8, 4) is 5.75 Å². The number of halogens is 3. The van der Waals surface area contributed by atoms with E-state index in [4.69, 9.17) is 16.3 Å². The van der Waals surface area contributed by atoms with Crippen LogP contribution >= 0.6 is 22.9 Å². The van der Waals surface area contributed by atoms with Gasteiger partial charge in [-0.05, 0) is 24.3 Å². The monoisotopic (exact) mass is 545 g/mol. The lowest BCUT2D eigenvalue weighted by molar-refractivity contribution is -0.125. The minimum Gasteiger partial charge on any atom is -0.433 e. The van der Waals surface area contributed by atoms with Gasteiger partial charge >= 0.3 is 12.6 Å². The number of nitrogens with one attached hydrogen (secondary N) is 4. The SMILES string of the molecule is CNC(=O)N[C@H](CNC(=O)c1ccc(Cl)s1)C(=O)Nc1ccc(N2CCOCC2=O)cc1OC(F)F. The van der Waals surface area contributed by atoms with Crippen LogP contribution in [-0.4, -0.2) is 69.8 Å². The first-order chi connectivity index (χ1) is 17.2. The third kappa shape index (κ3) is 7.26. The summed E-state index contributed by atoms with van der Waals surface area (Å²) in [5.41, 5.74) is 0.142. The van der Waals surface area contributed by atoms with Crippen LogP contribution in [0.3, 0.4) is 0 Å². The molecule has 0 aliphatic carbocycles. The van der Waals surface area contributed by atoms with E-state index in [-0.39, 0.29) is 43.6 Å². The molecule has 36 heavy (non-hydrogen) atoms. The Morgan fingerprint density at radius 3 is 2.67 bits per heavy atom. The fourth-order valence-corrected chi connectivity index (χ4v) is 4.10. The molecule has 194 valence electrons. The average molecular weight is 546 g/mol. The van der Waals surface area contributed by atoms with Crippen molar-refractivity contribution in [1.29, 1.82) is 0 Å². The summed E-state index contributed by atoms with van der Waals surface area (Å²) < 4.78 is 36.2. The zero-order valence-corrected chi connectivity index (χ0v) is 20.4. The van der Waals surface area contributed by atoms with E-state index in [1.807, 2.05) is 0 Å². The number of hydrogen-bond donors (Lipinski definition) is 4. The normalized spacial score (nSPS) is 14.2. The topological polar surface area (TPSA) is 138 Å². The number of morpholine rings is 1. The largest absolute Gasteiger partial charge is 0.433 e. The number of carbonyl (C=O) groups excluding carboxylic acids is 4. The minimum atomic E-state index is -3.21. The van der Waals surface area contributed by atoms with E-state index in [9.17, 15) is 28.0 Å². The van der Waals surface area contributed by atoms with Crippen molar-refractivity contribution in [2.45, 2.75) is 12.7 Å². The van der Waals surface area contributed by atoms with Gasteiger partial charge in [0.25, 0.3) is 11.8 Å². The van der Waals surface area contributed by atoms with Crippen molar-refractivity contribution < 1.29 is 37.4 Å². The van der Waals surface area contributed by atoms with Crippen molar-refractivity contribution in [3.63, 3.8) is 0 Å². The highest BCUT2D eigenvalue weighted by Gasteiger charge is 2.26. The van der Waals surface area contributed by atoms with Crippen LogP contribution in [0.15, 0.2) is 30.3 Å². The Hall–Kier alpha value is -3.49. The first-order valence-electron chi connectivity index (χ1n) is 10.5. The maximum atomic E-state index is 13.1. The molecule has 4 N–H and O–H groups in total. The van der Waals surface area contributed by atoms with Gasteiger partial charge in [0.1, 0.15) is 12.6 Å². The van der Waals surface area contributed by atoms with Crippen molar-refractivity contribution in [2.24, 2.45) is 0 Å². The molecular weight excluding hydrogens is 524 g/mol. The lowest BCUT2D eigenvalue weighted by atomic mass is 10.2. The number of carbonyl (C=O) groups is 4. The fourth-order valence-electron chi connectivity index (χ4n) is 3.14. The van der Waals surface area contributed by atoms with E-state index in [0.717, 1.165) is 11.3 Å². The van der Waals surface area contributed by atoms with Crippen LogP contribution in [0.4, 0.5) is 25.0 Å². The number of benzene rings is 1. The predicted octanol–water partition coefficient (Wildman–Crippen LogP) is 2.03. The standard InChI is InChI=1S/C21H22ClF2N5O6S/c1-25-21(33)28-13(9-26-19(32)15-4-5-16(22)36-15)18(31)27-12-3-2-11(8-14(12)35-20(23)24)29-6-7-34-10-17(29)30/h2-5,8,13,20H,6-7,9-10H2,1H3,(H,26,32)(H,27,31)(H2,25,28,33)/t13-/m1/s1. The molecule has 0 unspecified atom stereocenters. The number of anilines is 2. The number of nitrogens with zero attached hydrogens (tertiary/aromatic N) is 1. The number of urea groups is 1. The fraction of sp³-hybridized carbons (Fsp3) is 0.333. The lowest BCUT2D eigenvalue weighted by Crippen LogP contribution is -2.52. The highest BCUT2D eigenvalue weighted by Crippen LogP contribution is 2.32. The molecule has 15 heteroatoms. The summed E-state index contributed by atoms with van der Waals surface area (Å²) in [5, 5.41) is 9.60. The summed E-state index contributed by atoms with van der Waals surface area (Å²) in [6.45, 7) is -3.20. The Morgan fingerprint density at radius 2 is 2.03 bits per heavy atom. The Morgan fingerprint density at radius 1 is 1.25 bits per heavy atom. The number of alkyl halides is 2. The van der Waals surface area contributed by atoms with Gasteiger partial charge in [-0.3, -0.25) is 14.4 Å². The number of amides is 5. The molecule has 1 saturated heterocycles. The predicted molar refractivity (Wildman–Crippen MR) is 128 cm³/mol. The molecular formula is C21H22ClF2N5O6S. The maximum absolute atomic E-state index is 13.1. The van der Waals surface area contributed by atoms with E-state index in [2.05, 4.69) is 26.0 Å². The average Bonchev–Trinajstić information content (AvgIpc) is 3.28. The van der Waals surface area contributed by atoms with E-state index in [0.29, 0.717) is 9.21 Å². The molecule has 1 aliphatic heterocycles. The third-order valence-electron chi connectivity index (χ3n) is 4.85. The van der Waals surface area contributed by atoms with Crippen LogP contribution in [-0.2, 0) is 14.3 Å². The summed E-state index contributed by atoms with van der Waals surface area (Å²) in [5.74, 6) is -2.10. The minimum absolute atomic E-state index is 0.134. The van der Waals surface area contributed by atoms with Gasteiger partial charge in [0.15, 0.2) is 5.75 Å². The van der Waals surface area contributed by atoms with E-state index in [1.165, 1.54) is 42.3 Å². The van der Waals surface area contributed by atoms with Crippen LogP contribution in [0.1, 0.15) is 9.67 Å². The molecule has 2 aromatic rings. The van der Waals surface area contributed by atoms with E-state index < -0.39 is 36.2 Å². The molecule has 3 rings (SSSR count). The first kappa shape index (κ1) is 27.1. The van der Waals surface area contributed by atoms with Gasteiger partial charge in [-0.15, -0.1) is 11.3 Å². The van der Waals surface area contributed by atoms with Crippen molar-refractivity contribution in [2.75, 3.05) is 43.6 Å². The summed E-state index contributed by atoms with van der Waals surface area (Å²) in [6.07, 6.45) is 0. The lowest BCUT2D eigenvalue weighted by Gasteiger charge is -2.27. The Labute approximate surface area is 213 Å². The number of ether oxygens (including phenoxy) is 2. The van der Waals surface area contributed by atoms with Gasteiger partial charge in [0, 0.05) is 31.9 Å². The molecule has 5 amide bonds. The quantitative estimate of drug-likeness (QED) is 0.380. The molecule has 0 spiro atoms. The number of thiophene rings is 1. The second-order valence-corrected chi connectivity index (χ2v) is 8.95. The smallest absolute Gasteiger partial charge is 0.387 e. The molecule has 1 aliphatic rings. The van der Waals surface area contributed by atoms with Crippen LogP contribution < -0.4 is 30.9 Å². The molecule has 0 bridgehead atoms. The summed E-state index contributed by atoms with van der Waals surface area (Å²) in [6, 6.07) is 4.95. The van der Waals surface area contributed by atoms with Crippen LogP contribution in [0.25, 0.3) is 0 Å². The molecule has 0 saturated carbocycles. The van der Waals surface area contributed by atoms with E-state index in [1.54, 1.807) is 0 Å². The molecule has 1 aromatic carbocycles. The van der Waals surface area contributed by atoms with Gasteiger partial charge in [0.2, 0.25) is 5.91 Å². The molecule has 1 fully saturated rings. The molecule has 1 atom stereocenters. The van der Waals surface area contributed by atoms with Gasteiger partial charge < -0.3 is 35.6 Å².